The number of benzene rings is 2. The van der Waals surface area contributed by atoms with Crippen molar-refractivity contribution in [3.63, 3.8) is 0 Å². The van der Waals surface area contributed by atoms with E-state index in [4.69, 9.17) is 27.6 Å². The first kappa shape index (κ1) is 14.5. The summed E-state index contributed by atoms with van der Waals surface area (Å²) < 4.78 is 5.56. The van der Waals surface area contributed by atoms with Crippen molar-refractivity contribution in [3.05, 3.63) is 64.6 Å². The highest BCUT2D eigenvalue weighted by atomic mass is 35.5. The maximum Gasteiger partial charge on any atom is 0.239 e. The van der Waals surface area contributed by atoms with Crippen LogP contribution in [0.1, 0.15) is 5.89 Å². The van der Waals surface area contributed by atoms with E-state index in [1.54, 1.807) is 42.5 Å². The summed E-state index contributed by atoms with van der Waals surface area (Å²) in [4.78, 5) is 4.27. The highest BCUT2D eigenvalue weighted by molar-refractivity contribution is 6.31. The zero-order valence-corrected chi connectivity index (χ0v) is 12.7. The molecule has 6 heteroatoms. The Kier molecular flexibility index (Phi) is 4.01. The predicted octanol–water partition coefficient (Wildman–Crippen LogP) is 5.11. The minimum atomic E-state index is 0.237. The molecular formula is C16H9Cl2N3O. The van der Waals surface area contributed by atoms with E-state index in [2.05, 4.69) is 16.4 Å². The first-order valence-corrected chi connectivity index (χ1v) is 7.10. The molecule has 0 bridgehead atoms. The molecule has 4 nitrogen and oxygen atoms in total. The van der Waals surface area contributed by atoms with Gasteiger partial charge < -0.3 is 9.73 Å². The van der Waals surface area contributed by atoms with Crippen LogP contribution in [0.3, 0.4) is 0 Å². The van der Waals surface area contributed by atoms with Gasteiger partial charge in [0.2, 0.25) is 5.89 Å². The number of rotatable bonds is 3. The van der Waals surface area contributed by atoms with E-state index in [1.165, 1.54) is 6.20 Å². The average Bonchev–Trinajstić information content (AvgIpc) is 2.92. The Balaban J connectivity index is 1.90. The molecule has 1 N–H and O–H groups in total. The van der Waals surface area contributed by atoms with Crippen LogP contribution in [0.25, 0.3) is 16.7 Å². The summed E-state index contributed by atoms with van der Waals surface area (Å²) in [6.07, 6.45) is 1.54. The monoisotopic (exact) mass is 329 g/mol. The number of nitrogens with zero attached hydrogens (tertiary/aromatic N) is 2. The second-order valence-corrected chi connectivity index (χ2v) is 5.32. The highest BCUT2D eigenvalue weighted by Gasteiger charge is 2.10. The van der Waals surface area contributed by atoms with Crippen molar-refractivity contribution in [2.24, 2.45) is 0 Å². The lowest BCUT2D eigenvalue weighted by Gasteiger charge is -2.00. The van der Waals surface area contributed by atoms with Gasteiger partial charge in [0, 0.05) is 21.9 Å². The van der Waals surface area contributed by atoms with Crippen LogP contribution < -0.4 is 5.32 Å². The smallest absolute Gasteiger partial charge is 0.239 e. The van der Waals surface area contributed by atoms with Crippen LogP contribution in [-0.2, 0) is 0 Å². The maximum atomic E-state index is 9.28. The van der Waals surface area contributed by atoms with Gasteiger partial charge in [-0.25, -0.2) is 4.98 Å². The Morgan fingerprint density at radius 1 is 1.14 bits per heavy atom. The van der Waals surface area contributed by atoms with Crippen LogP contribution in [0, 0.1) is 11.3 Å². The Bertz CT molecular complexity index is 892. The SMILES string of the molecule is N#CC(=CNc1ccc(Cl)cc1)c1nc2cc(Cl)ccc2o1. The maximum absolute atomic E-state index is 9.28. The number of hydrogen-bond acceptors (Lipinski definition) is 4. The first-order chi connectivity index (χ1) is 10.7. The fraction of sp³-hybridized carbons (Fsp3) is 0. The molecule has 0 saturated carbocycles. The van der Waals surface area contributed by atoms with Crippen LogP contribution >= 0.6 is 23.2 Å². The van der Waals surface area contributed by atoms with Gasteiger partial charge in [0.15, 0.2) is 5.58 Å². The van der Waals surface area contributed by atoms with Crippen molar-refractivity contribution >= 4 is 45.6 Å². The molecule has 1 heterocycles. The van der Waals surface area contributed by atoms with Crippen LogP contribution in [0.4, 0.5) is 5.69 Å². The van der Waals surface area contributed by atoms with Gasteiger partial charge in [-0.3, -0.25) is 0 Å². The molecule has 2 aromatic carbocycles. The fourth-order valence-corrected chi connectivity index (χ4v) is 2.15. The molecule has 3 rings (SSSR count). The van der Waals surface area contributed by atoms with Crippen molar-refractivity contribution in [3.8, 4) is 6.07 Å². The number of aromatic nitrogens is 1. The number of nitrogens with one attached hydrogen (secondary N) is 1. The van der Waals surface area contributed by atoms with Gasteiger partial charge in [-0.2, -0.15) is 5.26 Å². The molecule has 3 aromatic rings. The van der Waals surface area contributed by atoms with Gasteiger partial charge in [-0.05, 0) is 42.5 Å². The van der Waals surface area contributed by atoms with Crippen molar-refractivity contribution in [2.75, 3.05) is 5.32 Å². The van der Waals surface area contributed by atoms with Crippen molar-refractivity contribution in [1.82, 2.24) is 4.98 Å². The lowest BCUT2D eigenvalue weighted by Crippen LogP contribution is -1.90. The van der Waals surface area contributed by atoms with Crippen molar-refractivity contribution in [2.45, 2.75) is 0 Å². The van der Waals surface area contributed by atoms with Crippen LogP contribution in [0.2, 0.25) is 10.0 Å². The van der Waals surface area contributed by atoms with Crippen LogP contribution in [0.15, 0.2) is 53.1 Å². The fourth-order valence-electron chi connectivity index (χ4n) is 1.86. The normalized spacial score (nSPS) is 11.4. The summed E-state index contributed by atoms with van der Waals surface area (Å²) in [5.41, 5.74) is 2.26. The third-order valence-corrected chi connectivity index (χ3v) is 3.41. The Morgan fingerprint density at radius 3 is 2.59 bits per heavy atom. The minimum absolute atomic E-state index is 0.237. The summed E-state index contributed by atoms with van der Waals surface area (Å²) in [5.74, 6) is 0.237. The summed E-state index contributed by atoms with van der Waals surface area (Å²) in [6, 6.07) is 14.3. The quantitative estimate of drug-likeness (QED) is 0.678. The van der Waals surface area contributed by atoms with E-state index in [0.29, 0.717) is 21.1 Å². The van der Waals surface area contributed by atoms with E-state index in [9.17, 15) is 5.26 Å². The van der Waals surface area contributed by atoms with Gasteiger partial charge >= 0.3 is 0 Å². The van der Waals surface area contributed by atoms with E-state index < -0.39 is 0 Å². The number of nitriles is 1. The Hall–Kier alpha value is -2.48. The molecule has 0 fully saturated rings. The third kappa shape index (κ3) is 3.06. The van der Waals surface area contributed by atoms with Crippen LogP contribution in [-0.4, -0.2) is 4.98 Å². The summed E-state index contributed by atoms with van der Waals surface area (Å²) in [7, 11) is 0. The number of hydrogen-bond donors (Lipinski definition) is 1. The molecule has 22 heavy (non-hydrogen) atoms. The molecule has 0 aliphatic rings. The molecule has 0 aliphatic carbocycles. The van der Waals surface area contributed by atoms with Gasteiger partial charge in [-0.15, -0.1) is 0 Å². The second kappa shape index (κ2) is 6.10. The number of allylic oxidation sites excluding steroid dienone is 1. The molecule has 0 atom stereocenters. The molecule has 1 aromatic heterocycles. The standard InChI is InChI=1S/C16H9Cl2N3O/c17-11-1-4-13(5-2-11)20-9-10(8-19)16-21-14-7-12(18)3-6-15(14)22-16/h1-7,9,20H. The topological polar surface area (TPSA) is 61.9 Å². The molecule has 0 unspecified atom stereocenters. The molecular weight excluding hydrogens is 321 g/mol. The van der Waals surface area contributed by atoms with E-state index >= 15 is 0 Å². The zero-order valence-electron chi connectivity index (χ0n) is 11.2. The van der Waals surface area contributed by atoms with Crippen molar-refractivity contribution in [1.29, 1.82) is 5.26 Å². The van der Waals surface area contributed by atoms with Gasteiger partial charge in [-0.1, -0.05) is 23.2 Å². The van der Waals surface area contributed by atoms with E-state index in [1.807, 2.05) is 0 Å². The molecule has 0 radical (unpaired) electrons. The van der Waals surface area contributed by atoms with Gasteiger partial charge in [0.1, 0.15) is 17.2 Å². The summed E-state index contributed by atoms with van der Waals surface area (Å²) in [5, 5.41) is 13.5. The van der Waals surface area contributed by atoms with Gasteiger partial charge in [0.05, 0.1) is 0 Å². The molecule has 0 spiro atoms. The first-order valence-electron chi connectivity index (χ1n) is 6.34. The predicted molar refractivity (Wildman–Crippen MR) is 87.7 cm³/mol. The van der Waals surface area contributed by atoms with E-state index in [-0.39, 0.29) is 11.5 Å². The minimum Gasteiger partial charge on any atom is -0.435 e. The number of oxazole rings is 1. The lowest BCUT2D eigenvalue weighted by atomic mass is 10.3. The lowest BCUT2D eigenvalue weighted by molar-refractivity contribution is 0.586. The third-order valence-electron chi connectivity index (χ3n) is 2.93. The zero-order chi connectivity index (χ0) is 15.5. The highest BCUT2D eigenvalue weighted by Crippen LogP contribution is 2.23. The molecule has 0 aliphatic heterocycles. The van der Waals surface area contributed by atoms with Gasteiger partial charge in [0.25, 0.3) is 0 Å². The summed E-state index contributed by atoms with van der Waals surface area (Å²) >= 11 is 11.7. The molecule has 108 valence electrons. The summed E-state index contributed by atoms with van der Waals surface area (Å²) in [6.45, 7) is 0. The number of anilines is 1. The Labute approximate surface area is 136 Å². The number of halogens is 2. The second-order valence-electron chi connectivity index (χ2n) is 4.45. The van der Waals surface area contributed by atoms with E-state index in [0.717, 1.165) is 5.69 Å². The average molecular weight is 330 g/mol. The molecule has 0 amide bonds. The van der Waals surface area contributed by atoms with Crippen molar-refractivity contribution < 1.29 is 4.42 Å². The Morgan fingerprint density at radius 2 is 1.86 bits per heavy atom. The molecule has 0 saturated heterocycles. The largest absolute Gasteiger partial charge is 0.435 e. The number of fused-ring (bicyclic) bond motifs is 1. The van der Waals surface area contributed by atoms with Crippen LogP contribution in [0.5, 0.6) is 0 Å².